The molecule has 0 aromatic carbocycles. The molecular formula is C2H3FO4. The van der Waals surface area contributed by atoms with Crippen molar-refractivity contribution in [2.24, 2.45) is 0 Å². The van der Waals surface area contributed by atoms with Crippen molar-refractivity contribution < 1.29 is 24.2 Å². The van der Waals surface area contributed by atoms with Crippen molar-refractivity contribution in [2.75, 3.05) is 0 Å². The maximum absolute atomic E-state index is 9.92. The van der Waals surface area contributed by atoms with Gasteiger partial charge in [0.15, 0.2) is 0 Å². The van der Waals surface area contributed by atoms with Crippen molar-refractivity contribution in [1.29, 1.82) is 0 Å². The molecule has 0 saturated heterocycles. The zero-order valence-electron chi connectivity index (χ0n) is 3.17. The van der Waals surface area contributed by atoms with Gasteiger partial charge in [-0.1, -0.05) is 0 Å². The van der Waals surface area contributed by atoms with Crippen LogP contribution in [0.5, 0.6) is 0 Å². The van der Waals surface area contributed by atoms with Gasteiger partial charge < -0.3 is 10.2 Å². The van der Waals surface area contributed by atoms with Gasteiger partial charge in [0.25, 0.3) is 6.47 Å². The maximum atomic E-state index is 9.92. The van der Waals surface area contributed by atoms with Crippen LogP contribution in [-0.2, 0) is 4.79 Å². The summed E-state index contributed by atoms with van der Waals surface area (Å²) in [6.45, 7) is -0.250. The van der Waals surface area contributed by atoms with Crippen LogP contribution >= 0.6 is 0 Å². The number of hydrogen-bond donors (Lipinski definition) is 2. The lowest BCUT2D eigenvalue weighted by molar-refractivity contribution is -0.122. The Hall–Kier alpha value is -1.13. The highest BCUT2D eigenvalue weighted by atomic mass is 19.1. The Labute approximate surface area is 38.2 Å². The van der Waals surface area contributed by atoms with E-state index < -0.39 is 6.22 Å². The fourth-order valence-electron chi connectivity index (χ4n) is 0. The van der Waals surface area contributed by atoms with Gasteiger partial charge in [0.05, 0.1) is 0 Å². The number of carbonyl (C=O) groups is 2. The van der Waals surface area contributed by atoms with Gasteiger partial charge in [-0.05, 0) is 0 Å². The summed E-state index contributed by atoms with van der Waals surface area (Å²) in [4.78, 5) is 16.7. The molecule has 5 heteroatoms. The van der Waals surface area contributed by atoms with Crippen LogP contribution in [0.15, 0.2) is 0 Å². The lowest BCUT2D eigenvalue weighted by Gasteiger charge is -1.53. The molecule has 0 amide bonds. The summed E-state index contributed by atoms with van der Waals surface area (Å²) in [7, 11) is 0. The highest BCUT2D eigenvalue weighted by Gasteiger charge is 1.74. The van der Waals surface area contributed by atoms with E-state index in [0.717, 1.165) is 0 Å². The van der Waals surface area contributed by atoms with Gasteiger partial charge >= 0.3 is 6.22 Å². The topological polar surface area (TPSA) is 74.6 Å². The van der Waals surface area contributed by atoms with Crippen LogP contribution in [0.2, 0.25) is 0 Å². The molecule has 0 radical (unpaired) electrons. The Morgan fingerprint density at radius 1 is 1.71 bits per heavy atom. The van der Waals surface area contributed by atoms with Crippen LogP contribution in [0.4, 0.5) is 9.18 Å². The molecule has 0 aliphatic rings. The van der Waals surface area contributed by atoms with Crippen LogP contribution in [0.3, 0.4) is 0 Å². The molecule has 0 saturated carbocycles. The molecule has 0 atom stereocenters. The van der Waals surface area contributed by atoms with Crippen molar-refractivity contribution in [3.05, 3.63) is 0 Å². The minimum atomic E-state index is -2.33. The largest absolute Gasteiger partial charge is 0.492 e. The van der Waals surface area contributed by atoms with Gasteiger partial charge in [-0.3, -0.25) is 4.79 Å². The Morgan fingerprint density at radius 3 is 1.71 bits per heavy atom. The molecule has 0 unspecified atom stereocenters. The fraction of sp³-hybridized carbons (Fsp3) is 0. The normalized spacial score (nSPS) is 5.29. The average Bonchev–Trinajstić information content (AvgIpc) is 1.33. The smallest absolute Gasteiger partial charge is 0.483 e. The van der Waals surface area contributed by atoms with Crippen LogP contribution < -0.4 is 0 Å². The lowest BCUT2D eigenvalue weighted by atomic mass is 11.5. The molecule has 42 valence electrons. The maximum Gasteiger partial charge on any atom is 0.492 e. The summed E-state index contributed by atoms with van der Waals surface area (Å²) in [6.07, 6.45) is -2.33. The second kappa shape index (κ2) is 8.85. The van der Waals surface area contributed by atoms with E-state index in [1.165, 1.54) is 0 Å². The molecular weight excluding hydrogens is 107 g/mol. The third kappa shape index (κ3) is 31.4. The lowest BCUT2D eigenvalue weighted by Crippen LogP contribution is -1.69. The number of hydrogen-bond acceptors (Lipinski definition) is 2. The first-order valence-corrected chi connectivity index (χ1v) is 1.11. The summed E-state index contributed by atoms with van der Waals surface area (Å²) in [5.41, 5.74) is 0. The van der Waals surface area contributed by atoms with Crippen LogP contribution in [0, 0.1) is 0 Å². The predicted octanol–water partition coefficient (Wildman–Crippen LogP) is 0.335. The zero-order chi connectivity index (χ0) is 6.28. The van der Waals surface area contributed by atoms with E-state index in [9.17, 15) is 4.39 Å². The molecule has 0 fully saturated rings. The van der Waals surface area contributed by atoms with Gasteiger partial charge in [-0.2, -0.15) is 0 Å². The van der Waals surface area contributed by atoms with E-state index in [0.29, 0.717) is 0 Å². The van der Waals surface area contributed by atoms with Crippen molar-refractivity contribution >= 4 is 12.7 Å². The number of rotatable bonds is 0. The third-order valence-electron chi connectivity index (χ3n) is 0. The molecule has 0 rings (SSSR count). The molecule has 0 aromatic rings. The van der Waals surface area contributed by atoms with E-state index >= 15 is 0 Å². The Morgan fingerprint density at radius 2 is 1.71 bits per heavy atom. The highest BCUT2D eigenvalue weighted by molar-refractivity contribution is 5.54. The first-order valence-electron chi connectivity index (χ1n) is 1.11. The Balaban J connectivity index is 0. The van der Waals surface area contributed by atoms with Gasteiger partial charge in [0, 0.05) is 0 Å². The summed E-state index contributed by atoms with van der Waals surface area (Å²) < 4.78 is 9.92. The van der Waals surface area contributed by atoms with Crippen molar-refractivity contribution in [2.45, 2.75) is 0 Å². The monoisotopic (exact) mass is 110 g/mol. The van der Waals surface area contributed by atoms with Crippen LogP contribution in [0.25, 0.3) is 0 Å². The van der Waals surface area contributed by atoms with Crippen molar-refractivity contribution in [1.82, 2.24) is 0 Å². The summed E-state index contributed by atoms with van der Waals surface area (Å²) in [5.74, 6) is 0. The standard InChI is InChI=1S/CHFO2.CH2O2/c2-1(3)4;2-1-3/h(H,3,4);1H,(H,2,3). The average molecular weight is 110 g/mol. The molecule has 7 heavy (non-hydrogen) atoms. The highest BCUT2D eigenvalue weighted by Crippen LogP contribution is 1.58. The summed E-state index contributed by atoms with van der Waals surface area (Å²) >= 11 is 0. The minimum Gasteiger partial charge on any atom is -0.483 e. The second-order valence-corrected chi connectivity index (χ2v) is 0.358. The first kappa shape index (κ1) is 9.30. The van der Waals surface area contributed by atoms with E-state index in [2.05, 4.69) is 0 Å². The molecule has 0 aliphatic heterocycles. The molecule has 2 N–H and O–H groups in total. The molecule has 0 aliphatic carbocycles. The van der Waals surface area contributed by atoms with E-state index in [4.69, 9.17) is 19.8 Å². The Kier molecular flexibility index (Phi) is 11.8. The van der Waals surface area contributed by atoms with Crippen LogP contribution in [0.1, 0.15) is 0 Å². The molecule has 0 spiro atoms. The SMILES string of the molecule is O=C(O)F.O=CO. The summed E-state index contributed by atoms with van der Waals surface area (Å²) in [5, 5.41) is 13.6. The van der Waals surface area contributed by atoms with Crippen molar-refractivity contribution in [3.8, 4) is 0 Å². The van der Waals surface area contributed by atoms with E-state index in [-0.39, 0.29) is 6.47 Å². The third-order valence-corrected chi connectivity index (χ3v) is 0. The van der Waals surface area contributed by atoms with Crippen molar-refractivity contribution in [3.63, 3.8) is 0 Å². The predicted molar refractivity (Wildman–Crippen MR) is 17.8 cm³/mol. The number of carboxylic acid groups (broad SMARTS) is 2. The van der Waals surface area contributed by atoms with E-state index in [1.807, 2.05) is 0 Å². The molecule has 0 bridgehead atoms. The van der Waals surface area contributed by atoms with E-state index in [1.54, 1.807) is 0 Å². The minimum absolute atomic E-state index is 0.250. The second-order valence-electron chi connectivity index (χ2n) is 0.358. The quantitative estimate of drug-likeness (QED) is 0.348. The molecule has 0 aromatic heterocycles. The first-order chi connectivity index (χ1) is 3.15. The van der Waals surface area contributed by atoms with Crippen LogP contribution in [-0.4, -0.2) is 22.9 Å². The number of halogens is 1. The molecule has 0 heterocycles. The zero-order valence-corrected chi connectivity index (χ0v) is 3.17. The van der Waals surface area contributed by atoms with Gasteiger partial charge in [-0.25, -0.2) is 4.79 Å². The molecule has 4 nitrogen and oxygen atoms in total. The van der Waals surface area contributed by atoms with Gasteiger partial charge in [-0.15, -0.1) is 4.39 Å². The Bertz CT molecular complexity index is 56.7. The van der Waals surface area contributed by atoms with Gasteiger partial charge in [0.1, 0.15) is 0 Å². The summed E-state index contributed by atoms with van der Waals surface area (Å²) in [6, 6.07) is 0. The van der Waals surface area contributed by atoms with Gasteiger partial charge in [0.2, 0.25) is 0 Å². The fourth-order valence-corrected chi connectivity index (χ4v) is 0.